The Balaban J connectivity index is 3.15. The summed E-state index contributed by atoms with van der Waals surface area (Å²) < 4.78 is 24.8. The van der Waals surface area contributed by atoms with E-state index in [0.717, 1.165) is 0 Å². The van der Waals surface area contributed by atoms with Gasteiger partial charge in [-0.25, -0.2) is 0 Å². The van der Waals surface area contributed by atoms with Crippen molar-refractivity contribution in [1.82, 2.24) is 10.2 Å². The third kappa shape index (κ3) is 1.50. The Kier molecular flexibility index (Phi) is 1.88. The summed E-state index contributed by atoms with van der Waals surface area (Å²) in [6.07, 6.45) is 0. The highest BCUT2D eigenvalue weighted by Crippen LogP contribution is 2.33. The monoisotopic (exact) mass is 180 g/mol. The van der Waals surface area contributed by atoms with Gasteiger partial charge in [-0.3, -0.25) is 5.10 Å². The molecule has 0 amide bonds. The summed E-state index contributed by atoms with van der Waals surface area (Å²) in [6, 6.07) is 0. The molecule has 2 nitrogen and oxygen atoms in total. The van der Waals surface area contributed by atoms with Crippen molar-refractivity contribution in [3.8, 4) is 0 Å². The van der Waals surface area contributed by atoms with E-state index in [1.165, 1.54) is 0 Å². The van der Waals surface area contributed by atoms with E-state index >= 15 is 0 Å². The zero-order valence-corrected chi connectivity index (χ0v) is 6.84. The maximum absolute atomic E-state index is 12.4. The fourth-order valence-corrected chi connectivity index (χ4v) is 0.945. The highest BCUT2D eigenvalue weighted by Gasteiger charge is 2.33. The van der Waals surface area contributed by atoms with Gasteiger partial charge >= 0.3 is 5.38 Å². The van der Waals surface area contributed by atoms with E-state index in [1.54, 1.807) is 13.8 Å². The van der Waals surface area contributed by atoms with Crippen LogP contribution in [0.15, 0.2) is 0 Å². The molecule has 0 spiro atoms. The highest BCUT2D eigenvalue weighted by molar-refractivity contribution is 6.21. The minimum absolute atomic E-state index is 0.392. The Labute approximate surface area is 67.6 Å². The van der Waals surface area contributed by atoms with E-state index in [-0.39, 0.29) is 0 Å². The van der Waals surface area contributed by atoms with Crippen LogP contribution in [0.5, 0.6) is 0 Å². The van der Waals surface area contributed by atoms with Crippen LogP contribution < -0.4 is 0 Å². The minimum Gasteiger partial charge on any atom is -0.282 e. The molecule has 0 atom stereocenters. The van der Waals surface area contributed by atoms with Gasteiger partial charge in [-0.05, 0) is 25.4 Å². The largest absolute Gasteiger partial charge is 0.366 e. The van der Waals surface area contributed by atoms with Gasteiger partial charge in [0.05, 0.1) is 0 Å². The van der Waals surface area contributed by atoms with Crippen molar-refractivity contribution in [2.45, 2.75) is 19.2 Å². The number of nitrogens with one attached hydrogen (secondary N) is 1. The number of aryl methyl sites for hydroxylation is 1. The topological polar surface area (TPSA) is 28.7 Å². The molecule has 62 valence electrons. The molecule has 1 aromatic heterocycles. The number of aromatic nitrogens is 2. The first-order valence-corrected chi connectivity index (χ1v) is 3.39. The third-order valence-corrected chi connectivity index (χ3v) is 1.70. The van der Waals surface area contributed by atoms with Gasteiger partial charge in [-0.15, -0.1) is 0 Å². The third-order valence-electron chi connectivity index (χ3n) is 1.52. The number of hydrogen-bond donors (Lipinski definition) is 1. The van der Waals surface area contributed by atoms with E-state index < -0.39 is 11.1 Å². The fourth-order valence-electron chi connectivity index (χ4n) is 0.761. The molecular formula is C6H7ClF2N2. The van der Waals surface area contributed by atoms with Crippen molar-refractivity contribution in [3.05, 3.63) is 17.0 Å². The van der Waals surface area contributed by atoms with E-state index in [1.807, 2.05) is 0 Å². The first-order chi connectivity index (χ1) is 4.93. The van der Waals surface area contributed by atoms with Crippen LogP contribution in [0.1, 0.15) is 17.0 Å². The normalized spacial score (nSPS) is 12.1. The van der Waals surface area contributed by atoms with Crippen LogP contribution in [0.2, 0.25) is 0 Å². The second kappa shape index (κ2) is 2.44. The molecule has 0 fully saturated rings. The van der Waals surface area contributed by atoms with Gasteiger partial charge in [-0.2, -0.15) is 13.9 Å². The Morgan fingerprint density at radius 2 is 2.00 bits per heavy atom. The molecule has 0 bridgehead atoms. The van der Waals surface area contributed by atoms with Crippen molar-refractivity contribution < 1.29 is 8.78 Å². The Morgan fingerprint density at radius 1 is 1.45 bits per heavy atom. The average Bonchev–Trinajstić information content (AvgIpc) is 2.11. The van der Waals surface area contributed by atoms with Gasteiger partial charge in [0.25, 0.3) is 0 Å². The van der Waals surface area contributed by atoms with E-state index in [9.17, 15) is 8.78 Å². The van der Waals surface area contributed by atoms with Crippen molar-refractivity contribution >= 4 is 11.6 Å². The molecule has 1 rings (SSSR count). The average molecular weight is 181 g/mol. The highest BCUT2D eigenvalue weighted by atomic mass is 35.5. The van der Waals surface area contributed by atoms with Crippen LogP contribution in [0.3, 0.4) is 0 Å². The fraction of sp³-hybridized carbons (Fsp3) is 0.500. The number of H-pyrrole nitrogens is 1. The number of rotatable bonds is 1. The number of hydrogen-bond acceptors (Lipinski definition) is 1. The molecular weight excluding hydrogens is 174 g/mol. The lowest BCUT2D eigenvalue weighted by molar-refractivity contribution is 0.0892. The van der Waals surface area contributed by atoms with Gasteiger partial charge in [0.15, 0.2) is 5.69 Å². The molecule has 1 N–H and O–H groups in total. The molecule has 0 saturated heterocycles. The van der Waals surface area contributed by atoms with Crippen LogP contribution in [-0.4, -0.2) is 10.2 Å². The molecule has 0 aliphatic carbocycles. The van der Waals surface area contributed by atoms with Crippen molar-refractivity contribution in [2.75, 3.05) is 0 Å². The zero-order chi connectivity index (χ0) is 8.65. The summed E-state index contributed by atoms with van der Waals surface area (Å²) >= 11 is 4.76. The summed E-state index contributed by atoms with van der Waals surface area (Å²) in [5.74, 6) is 0. The SMILES string of the molecule is Cc1[nH]nc(C(F)(F)Cl)c1C. The lowest BCUT2D eigenvalue weighted by Crippen LogP contribution is -2.05. The Morgan fingerprint density at radius 3 is 2.18 bits per heavy atom. The number of alkyl halides is 3. The van der Waals surface area contributed by atoms with Gasteiger partial charge < -0.3 is 0 Å². The summed E-state index contributed by atoms with van der Waals surface area (Å²) in [6.45, 7) is 3.21. The molecule has 0 aliphatic heterocycles. The van der Waals surface area contributed by atoms with Crippen LogP contribution in [0.4, 0.5) is 8.78 Å². The molecule has 1 aromatic rings. The second-order valence-electron chi connectivity index (χ2n) is 2.32. The maximum atomic E-state index is 12.4. The van der Waals surface area contributed by atoms with E-state index in [2.05, 4.69) is 10.2 Å². The predicted molar refractivity (Wildman–Crippen MR) is 37.8 cm³/mol. The predicted octanol–water partition coefficient (Wildman–Crippen LogP) is 2.31. The van der Waals surface area contributed by atoms with Crippen molar-refractivity contribution in [2.24, 2.45) is 0 Å². The Bertz CT molecular complexity index is 264. The summed E-state index contributed by atoms with van der Waals surface area (Å²) in [5, 5.41) is 2.44. The standard InChI is InChI=1S/C6H7ClF2N2/c1-3-4(2)10-11-5(3)6(7,8)9/h1-2H3,(H,10,11). The smallest absolute Gasteiger partial charge is 0.282 e. The lowest BCUT2D eigenvalue weighted by atomic mass is 10.2. The van der Waals surface area contributed by atoms with Crippen LogP contribution in [-0.2, 0) is 5.38 Å². The maximum Gasteiger partial charge on any atom is 0.366 e. The minimum atomic E-state index is -3.37. The number of halogens is 3. The molecule has 0 aliphatic rings. The molecule has 1 heterocycles. The second-order valence-corrected chi connectivity index (χ2v) is 2.79. The van der Waals surface area contributed by atoms with Gasteiger partial charge in [0, 0.05) is 11.3 Å². The van der Waals surface area contributed by atoms with Crippen LogP contribution >= 0.6 is 11.6 Å². The van der Waals surface area contributed by atoms with Gasteiger partial charge in [0.2, 0.25) is 0 Å². The summed E-state index contributed by atoms with van der Waals surface area (Å²) in [4.78, 5) is 0. The first kappa shape index (κ1) is 8.46. The van der Waals surface area contributed by atoms with Crippen molar-refractivity contribution in [1.29, 1.82) is 0 Å². The first-order valence-electron chi connectivity index (χ1n) is 3.01. The van der Waals surface area contributed by atoms with Crippen LogP contribution in [0.25, 0.3) is 0 Å². The molecule has 0 saturated carbocycles. The Hall–Kier alpha value is -0.640. The zero-order valence-electron chi connectivity index (χ0n) is 6.08. The summed E-state index contributed by atoms with van der Waals surface area (Å²) in [5.41, 5.74) is 0.627. The van der Waals surface area contributed by atoms with Crippen LogP contribution in [0, 0.1) is 13.8 Å². The quantitative estimate of drug-likeness (QED) is 0.661. The molecule has 11 heavy (non-hydrogen) atoms. The van der Waals surface area contributed by atoms with Gasteiger partial charge in [-0.1, -0.05) is 0 Å². The van der Waals surface area contributed by atoms with E-state index in [0.29, 0.717) is 11.3 Å². The molecule has 0 aromatic carbocycles. The van der Waals surface area contributed by atoms with E-state index in [4.69, 9.17) is 11.6 Å². The molecule has 0 radical (unpaired) electrons. The summed E-state index contributed by atoms with van der Waals surface area (Å²) in [7, 11) is 0. The van der Waals surface area contributed by atoms with Crippen molar-refractivity contribution in [3.63, 3.8) is 0 Å². The number of aromatic amines is 1. The number of nitrogens with zero attached hydrogens (tertiary/aromatic N) is 1. The molecule has 0 unspecified atom stereocenters. The molecule has 5 heteroatoms. The lowest BCUT2D eigenvalue weighted by Gasteiger charge is -2.03. The van der Waals surface area contributed by atoms with Gasteiger partial charge in [0.1, 0.15) is 0 Å².